The number of hydrogen-bond donors (Lipinski definition) is 0. The molecular weight excluding hydrogens is 223 g/mol. The Morgan fingerprint density at radius 1 is 0.647 bits per heavy atom. The molecule has 0 saturated carbocycles. The van der Waals surface area contributed by atoms with Crippen LogP contribution < -0.4 is 0 Å². The molecule has 0 aliphatic carbocycles. The molecule has 0 radical (unpaired) electrons. The molecule has 0 fully saturated rings. The maximum Gasteiger partial charge on any atom is -0.0155 e. The fourth-order valence-electron chi connectivity index (χ4n) is 2.39. The molecule has 0 rings (SSSR count). The molecule has 104 valence electrons. The van der Waals surface area contributed by atoms with Crippen molar-refractivity contribution in [2.75, 3.05) is 0 Å². The molecule has 0 aliphatic heterocycles. The van der Waals surface area contributed by atoms with Gasteiger partial charge in [-0.15, -0.1) is 9.24 Å². The first-order valence-corrected chi connectivity index (χ1v) is 8.55. The van der Waals surface area contributed by atoms with Crippen molar-refractivity contribution in [3.63, 3.8) is 0 Å². The highest BCUT2D eigenvalue weighted by molar-refractivity contribution is 7.18. The molecule has 1 heteroatoms. The third-order valence-corrected chi connectivity index (χ3v) is 5.29. The summed E-state index contributed by atoms with van der Waals surface area (Å²) < 4.78 is 0. The van der Waals surface area contributed by atoms with Crippen molar-refractivity contribution in [3.05, 3.63) is 0 Å². The van der Waals surface area contributed by atoms with Gasteiger partial charge in [0, 0.05) is 0 Å². The zero-order valence-corrected chi connectivity index (χ0v) is 13.7. The van der Waals surface area contributed by atoms with E-state index in [0.717, 1.165) is 0 Å². The molecule has 0 aromatic carbocycles. The van der Waals surface area contributed by atoms with Gasteiger partial charge in [0.15, 0.2) is 0 Å². The molecule has 1 unspecified atom stereocenters. The Bertz CT molecular complexity index is 150. The van der Waals surface area contributed by atoms with Crippen LogP contribution >= 0.6 is 9.24 Å². The Morgan fingerprint density at radius 2 is 1.06 bits per heavy atom. The average Bonchev–Trinajstić information content (AvgIpc) is 2.36. The smallest absolute Gasteiger partial charge is 0.0155 e. The number of rotatable bonds is 12. The molecule has 0 aromatic heterocycles. The van der Waals surface area contributed by atoms with Gasteiger partial charge < -0.3 is 0 Å². The summed E-state index contributed by atoms with van der Waals surface area (Å²) in [5.41, 5.74) is 0. The second kappa shape index (κ2) is 11.5. The lowest BCUT2D eigenvalue weighted by molar-refractivity contribution is 0.466. The fraction of sp³-hybridized carbons (Fsp3) is 1.00. The lowest BCUT2D eigenvalue weighted by atomic mass is 9.94. The summed E-state index contributed by atoms with van der Waals surface area (Å²) in [4.78, 5) is 0. The summed E-state index contributed by atoms with van der Waals surface area (Å²) >= 11 is 0. The van der Waals surface area contributed by atoms with Crippen molar-refractivity contribution >= 4 is 9.24 Å². The van der Waals surface area contributed by atoms with Crippen LogP contribution in [0.15, 0.2) is 0 Å². The predicted octanol–water partition coefficient (Wildman–Crippen LogP) is 6.34. The van der Waals surface area contributed by atoms with E-state index < -0.39 is 0 Å². The Hall–Kier alpha value is 0.430. The monoisotopic (exact) mass is 258 g/mol. The molecular formula is C16H35P. The Morgan fingerprint density at radius 3 is 1.47 bits per heavy atom. The van der Waals surface area contributed by atoms with E-state index >= 15 is 0 Å². The highest BCUT2D eigenvalue weighted by atomic mass is 31.0. The van der Waals surface area contributed by atoms with Gasteiger partial charge in [-0.05, 0) is 24.4 Å². The molecule has 1 atom stereocenters. The summed E-state index contributed by atoms with van der Waals surface area (Å²) in [6.45, 7) is 6.94. The van der Waals surface area contributed by atoms with Crippen LogP contribution in [0.1, 0.15) is 97.8 Å². The molecule has 0 saturated heterocycles. The van der Waals surface area contributed by atoms with Crippen molar-refractivity contribution in [1.82, 2.24) is 0 Å². The minimum atomic E-state index is 0.543. The van der Waals surface area contributed by atoms with Gasteiger partial charge in [-0.1, -0.05) is 78.6 Å². The zero-order chi connectivity index (χ0) is 13.0. The standard InChI is InChI=1S/C16H35P/c1-4-7-8-9-10-11-12-13-14-15-16(17,5-2)6-3/h4-15,17H2,1-3H3. The normalized spacial score (nSPS) is 12.0. The van der Waals surface area contributed by atoms with E-state index in [2.05, 4.69) is 30.0 Å². The van der Waals surface area contributed by atoms with E-state index in [1.54, 1.807) is 0 Å². The number of hydrogen-bond acceptors (Lipinski definition) is 0. The van der Waals surface area contributed by atoms with Gasteiger partial charge in [0.2, 0.25) is 0 Å². The van der Waals surface area contributed by atoms with E-state index in [9.17, 15) is 0 Å². The van der Waals surface area contributed by atoms with Crippen LogP contribution in [0.2, 0.25) is 0 Å². The molecule has 17 heavy (non-hydrogen) atoms. The van der Waals surface area contributed by atoms with E-state index in [4.69, 9.17) is 0 Å². The first kappa shape index (κ1) is 17.4. The second-order valence-electron chi connectivity index (χ2n) is 5.65. The van der Waals surface area contributed by atoms with E-state index in [0.29, 0.717) is 5.16 Å². The fourth-order valence-corrected chi connectivity index (χ4v) is 2.60. The van der Waals surface area contributed by atoms with Crippen molar-refractivity contribution in [2.24, 2.45) is 0 Å². The van der Waals surface area contributed by atoms with Crippen molar-refractivity contribution < 1.29 is 0 Å². The lowest BCUT2D eigenvalue weighted by Crippen LogP contribution is -2.17. The van der Waals surface area contributed by atoms with Gasteiger partial charge in [-0.2, -0.15) is 0 Å². The number of unbranched alkanes of at least 4 members (excludes halogenated alkanes) is 8. The van der Waals surface area contributed by atoms with Crippen LogP contribution in [0.3, 0.4) is 0 Å². The highest BCUT2D eigenvalue weighted by Gasteiger charge is 2.18. The van der Waals surface area contributed by atoms with E-state index in [1.807, 2.05) is 0 Å². The Balaban J connectivity index is 3.23. The van der Waals surface area contributed by atoms with Gasteiger partial charge >= 0.3 is 0 Å². The quantitative estimate of drug-likeness (QED) is 0.283. The Labute approximate surface area is 113 Å². The van der Waals surface area contributed by atoms with Crippen LogP contribution in [-0.2, 0) is 0 Å². The van der Waals surface area contributed by atoms with Gasteiger partial charge in [0.25, 0.3) is 0 Å². The first-order chi connectivity index (χ1) is 8.18. The maximum absolute atomic E-state index is 3.10. The van der Waals surface area contributed by atoms with E-state index in [1.165, 1.54) is 77.0 Å². The topological polar surface area (TPSA) is 0 Å². The zero-order valence-electron chi connectivity index (χ0n) is 12.6. The molecule has 0 nitrogen and oxygen atoms in total. The highest BCUT2D eigenvalue weighted by Crippen LogP contribution is 2.32. The summed E-state index contributed by atoms with van der Waals surface area (Å²) in [6.07, 6.45) is 17.0. The van der Waals surface area contributed by atoms with Crippen molar-refractivity contribution in [3.8, 4) is 0 Å². The van der Waals surface area contributed by atoms with Crippen LogP contribution in [0.5, 0.6) is 0 Å². The van der Waals surface area contributed by atoms with Gasteiger partial charge in [-0.25, -0.2) is 0 Å². The predicted molar refractivity (Wildman–Crippen MR) is 84.9 cm³/mol. The minimum absolute atomic E-state index is 0.543. The largest absolute Gasteiger partial charge is 0.131 e. The lowest BCUT2D eigenvalue weighted by Gasteiger charge is -2.26. The van der Waals surface area contributed by atoms with Crippen LogP contribution in [0.25, 0.3) is 0 Å². The Kier molecular flexibility index (Phi) is 11.8. The van der Waals surface area contributed by atoms with Crippen LogP contribution in [0, 0.1) is 0 Å². The van der Waals surface area contributed by atoms with Crippen LogP contribution in [0.4, 0.5) is 0 Å². The molecule has 0 aromatic rings. The second-order valence-corrected chi connectivity index (χ2v) is 6.87. The van der Waals surface area contributed by atoms with Gasteiger partial charge in [0.1, 0.15) is 0 Å². The summed E-state index contributed by atoms with van der Waals surface area (Å²) in [7, 11) is 3.10. The van der Waals surface area contributed by atoms with Gasteiger partial charge in [0.05, 0.1) is 0 Å². The molecule has 0 spiro atoms. The van der Waals surface area contributed by atoms with Crippen molar-refractivity contribution in [2.45, 2.75) is 103 Å². The molecule has 0 heterocycles. The molecule has 0 amide bonds. The van der Waals surface area contributed by atoms with Crippen molar-refractivity contribution in [1.29, 1.82) is 0 Å². The summed E-state index contributed by atoms with van der Waals surface area (Å²) in [5, 5.41) is 0.543. The maximum atomic E-state index is 3.10. The minimum Gasteiger partial charge on any atom is -0.131 e. The summed E-state index contributed by atoms with van der Waals surface area (Å²) in [6, 6.07) is 0. The van der Waals surface area contributed by atoms with E-state index in [-0.39, 0.29) is 0 Å². The molecule has 0 N–H and O–H groups in total. The average molecular weight is 258 g/mol. The SMILES string of the molecule is CCCCCCCCCCCC(P)(CC)CC. The van der Waals surface area contributed by atoms with Crippen LogP contribution in [-0.4, -0.2) is 5.16 Å². The summed E-state index contributed by atoms with van der Waals surface area (Å²) in [5.74, 6) is 0. The third-order valence-electron chi connectivity index (χ3n) is 4.19. The first-order valence-electron chi connectivity index (χ1n) is 7.97. The molecule has 0 aliphatic rings. The molecule has 0 bridgehead atoms. The van der Waals surface area contributed by atoms with Gasteiger partial charge in [-0.3, -0.25) is 0 Å². The third kappa shape index (κ3) is 10.1.